The fourth-order valence-corrected chi connectivity index (χ4v) is 2.65. The predicted molar refractivity (Wildman–Crippen MR) is 108 cm³/mol. The summed E-state index contributed by atoms with van der Waals surface area (Å²) in [6.07, 6.45) is 5.23. The maximum absolute atomic E-state index is 5.49. The average molecular weight is 359 g/mol. The molecule has 0 bridgehead atoms. The summed E-state index contributed by atoms with van der Waals surface area (Å²) in [5, 5.41) is 6.80. The molecule has 2 aromatic rings. The molecule has 1 unspecified atom stereocenters. The van der Waals surface area contributed by atoms with Gasteiger partial charge in [-0.25, -0.2) is 4.98 Å². The normalized spacial score (nSPS) is 12.5. The second kappa shape index (κ2) is 9.80. The molecule has 0 saturated carbocycles. The van der Waals surface area contributed by atoms with E-state index in [0.717, 1.165) is 30.2 Å². The Morgan fingerprint density at radius 2 is 1.88 bits per heavy atom. The highest BCUT2D eigenvalue weighted by molar-refractivity contribution is 7.98. The maximum Gasteiger partial charge on any atom is 0.125 e. The van der Waals surface area contributed by atoms with E-state index in [9.17, 15) is 0 Å². The first kappa shape index (κ1) is 19.0. The predicted octanol–water partition coefficient (Wildman–Crippen LogP) is 2.68. The smallest absolute Gasteiger partial charge is 0.125 e. The minimum Gasteiger partial charge on any atom is -0.403 e. The minimum absolute atomic E-state index is 0.451. The highest BCUT2D eigenvalue weighted by Crippen LogP contribution is 2.17. The molecule has 25 heavy (non-hydrogen) atoms. The van der Waals surface area contributed by atoms with E-state index >= 15 is 0 Å². The average Bonchev–Trinajstić information content (AvgIpc) is 2.67. The monoisotopic (exact) mass is 358 g/mol. The Hall–Kier alpha value is -2.38. The molecule has 0 saturated heterocycles. The van der Waals surface area contributed by atoms with Crippen molar-refractivity contribution in [3.63, 3.8) is 0 Å². The summed E-state index contributed by atoms with van der Waals surface area (Å²) in [4.78, 5) is 5.65. The van der Waals surface area contributed by atoms with Crippen LogP contribution in [0.5, 0.6) is 0 Å². The van der Waals surface area contributed by atoms with Crippen LogP contribution in [-0.2, 0) is 0 Å². The van der Waals surface area contributed by atoms with Gasteiger partial charge in [-0.2, -0.15) is 0 Å². The molecule has 1 heterocycles. The third-order valence-corrected chi connectivity index (χ3v) is 4.52. The van der Waals surface area contributed by atoms with Crippen LogP contribution in [0.2, 0.25) is 0 Å². The van der Waals surface area contributed by atoms with Crippen LogP contribution in [-0.4, -0.2) is 24.3 Å². The number of anilines is 2. The fourth-order valence-electron chi connectivity index (χ4n) is 2.24. The molecule has 0 aliphatic heterocycles. The summed E-state index contributed by atoms with van der Waals surface area (Å²) < 4.78 is 0. The van der Waals surface area contributed by atoms with Crippen molar-refractivity contribution in [3.05, 3.63) is 54.4 Å². The van der Waals surface area contributed by atoms with Crippen molar-refractivity contribution in [3.8, 4) is 0 Å². The van der Waals surface area contributed by atoms with Crippen molar-refractivity contribution in [2.75, 3.05) is 30.0 Å². The van der Waals surface area contributed by atoms with E-state index < -0.39 is 0 Å². The first-order valence-electron chi connectivity index (χ1n) is 8.13. The van der Waals surface area contributed by atoms with Crippen LogP contribution in [0, 0.1) is 5.92 Å². The van der Waals surface area contributed by atoms with Gasteiger partial charge in [-0.15, -0.1) is 11.8 Å². The number of benzene rings is 1. The van der Waals surface area contributed by atoms with E-state index in [1.165, 1.54) is 11.1 Å². The molecular weight excluding hydrogens is 332 g/mol. The third-order valence-electron chi connectivity index (χ3n) is 3.77. The van der Waals surface area contributed by atoms with E-state index in [4.69, 9.17) is 11.6 Å². The van der Waals surface area contributed by atoms with Gasteiger partial charge in [0, 0.05) is 41.6 Å². The highest BCUT2D eigenvalue weighted by atomic mass is 32.2. The molecule has 0 amide bonds. The SMILES string of the molecule is CSc1ccc(NCC(C)CNc2ccc(/C(=C/N)NN)cn2)cc1. The Bertz CT molecular complexity index is 669. The Balaban J connectivity index is 1.78. The molecule has 7 N–H and O–H groups in total. The molecule has 0 aliphatic rings. The number of hydrogen-bond donors (Lipinski definition) is 5. The van der Waals surface area contributed by atoms with E-state index in [-0.39, 0.29) is 0 Å². The number of nitrogens with zero attached hydrogens (tertiary/aromatic N) is 1. The van der Waals surface area contributed by atoms with Crippen LogP contribution in [0.3, 0.4) is 0 Å². The van der Waals surface area contributed by atoms with Gasteiger partial charge in [0.1, 0.15) is 5.82 Å². The van der Waals surface area contributed by atoms with Crippen LogP contribution in [0.1, 0.15) is 12.5 Å². The molecule has 134 valence electrons. The molecule has 0 radical (unpaired) electrons. The zero-order valence-electron chi connectivity index (χ0n) is 14.6. The zero-order valence-corrected chi connectivity index (χ0v) is 15.4. The topological polar surface area (TPSA) is 101 Å². The van der Waals surface area contributed by atoms with E-state index in [2.05, 4.69) is 58.5 Å². The molecule has 2 rings (SSSR count). The number of pyridine rings is 1. The van der Waals surface area contributed by atoms with Gasteiger partial charge in [0.25, 0.3) is 0 Å². The highest BCUT2D eigenvalue weighted by Gasteiger charge is 2.04. The largest absolute Gasteiger partial charge is 0.403 e. The lowest BCUT2D eigenvalue weighted by molar-refractivity contribution is 0.648. The fraction of sp³-hybridized carbons (Fsp3) is 0.278. The standard InChI is InChI=1S/C18H26N6S/c1-13(10-21-15-4-6-16(25-2)7-5-15)11-22-18-8-3-14(12-23-18)17(9-19)24-20/h3-9,12-13,21,24H,10-11,19-20H2,1-2H3,(H,22,23)/b17-9-. The lowest BCUT2D eigenvalue weighted by Gasteiger charge is -2.15. The number of rotatable bonds is 9. The molecule has 6 nitrogen and oxygen atoms in total. The van der Waals surface area contributed by atoms with E-state index in [0.29, 0.717) is 11.6 Å². The molecule has 7 heteroatoms. The summed E-state index contributed by atoms with van der Waals surface area (Å²) in [6, 6.07) is 12.3. The Morgan fingerprint density at radius 1 is 1.16 bits per heavy atom. The van der Waals surface area contributed by atoms with Gasteiger partial charge in [0.2, 0.25) is 0 Å². The number of aromatic nitrogens is 1. The zero-order chi connectivity index (χ0) is 18.1. The van der Waals surface area contributed by atoms with Gasteiger partial charge in [0.05, 0.1) is 5.70 Å². The van der Waals surface area contributed by atoms with Gasteiger partial charge in [0.15, 0.2) is 0 Å². The molecule has 0 aliphatic carbocycles. The van der Waals surface area contributed by atoms with Crippen molar-refractivity contribution in [1.82, 2.24) is 10.4 Å². The first-order valence-corrected chi connectivity index (χ1v) is 9.35. The molecule has 1 aromatic carbocycles. The molecule has 1 aromatic heterocycles. The maximum atomic E-state index is 5.49. The second-order valence-electron chi connectivity index (χ2n) is 5.75. The second-order valence-corrected chi connectivity index (χ2v) is 6.63. The van der Waals surface area contributed by atoms with E-state index in [1.54, 1.807) is 18.0 Å². The van der Waals surface area contributed by atoms with Crippen LogP contribution in [0.25, 0.3) is 5.70 Å². The van der Waals surface area contributed by atoms with Crippen molar-refractivity contribution in [2.45, 2.75) is 11.8 Å². The summed E-state index contributed by atoms with van der Waals surface area (Å²) in [7, 11) is 0. The van der Waals surface area contributed by atoms with E-state index in [1.807, 2.05) is 12.1 Å². The first-order chi connectivity index (χ1) is 12.2. The Morgan fingerprint density at radius 3 is 2.44 bits per heavy atom. The van der Waals surface area contributed by atoms with Gasteiger partial charge in [-0.1, -0.05) is 6.92 Å². The summed E-state index contributed by atoms with van der Waals surface area (Å²) in [5.74, 6) is 6.68. The van der Waals surface area contributed by atoms with Crippen molar-refractivity contribution >= 4 is 29.0 Å². The number of nitrogens with one attached hydrogen (secondary N) is 3. The summed E-state index contributed by atoms with van der Waals surface area (Å²) >= 11 is 1.75. The Kier molecular flexibility index (Phi) is 7.43. The lowest BCUT2D eigenvalue weighted by atomic mass is 10.1. The van der Waals surface area contributed by atoms with Crippen LogP contribution in [0.4, 0.5) is 11.5 Å². The number of hydrazine groups is 1. The van der Waals surface area contributed by atoms with Gasteiger partial charge < -0.3 is 21.8 Å². The number of hydrogen-bond acceptors (Lipinski definition) is 7. The van der Waals surface area contributed by atoms with Gasteiger partial charge >= 0.3 is 0 Å². The number of nitrogens with two attached hydrogens (primary N) is 2. The summed E-state index contributed by atoms with van der Waals surface area (Å²) in [6.45, 7) is 3.91. The van der Waals surface area contributed by atoms with Crippen LogP contribution in [0.15, 0.2) is 53.7 Å². The Labute approximate surface area is 153 Å². The van der Waals surface area contributed by atoms with Crippen molar-refractivity contribution in [1.29, 1.82) is 0 Å². The van der Waals surface area contributed by atoms with Crippen LogP contribution >= 0.6 is 11.8 Å². The van der Waals surface area contributed by atoms with Crippen molar-refractivity contribution in [2.24, 2.45) is 17.5 Å². The number of thioether (sulfide) groups is 1. The molecule has 0 spiro atoms. The van der Waals surface area contributed by atoms with Gasteiger partial charge in [-0.05, 0) is 48.6 Å². The molecule has 0 fully saturated rings. The van der Waals surface area contributed by atoms with Crippen molar-refractivity contribution < 1.29 is 0 Å². The van der Waals surface area contributed by atoms with Gasteiger partial charge in [-0.3, -0.25) is 5.84 Å². The molecule has 1 atom stereocenters. The minimum atomic E-state index is 0.451. The summed E-state index contributed by atoms with van der Waals surface area (Å²) in [5.41, 5.74) is 10.7. The lowest BCUT2D eigenvalue weighted by Crippen LogP contribution is -2.21. The third kappa shape index (κ3) is 5.88. The quantitative estimate of drug-likeness (QED) is 0.267. The van der Waals surface area contributed by atoms with Crippen LogP contribution < -0.4 is 27.6 Å². The molecular formula is C18H26N6S.